The van der Waals surface area contributed by atoms with Gasteiger partial charge in [0.1, 0.15) is 0 Å². The monoisotopic (exact) mass is 557 g/mol. The number of rotatable bonds is 9. The summed E-state index contributed by atoms with van der Waals surface area (Å²) in [6.45, 7) is 0.683. The molecule has 0 bridgehead atoms. The molecule has 4 N–H and O–H groups in total. The van der Waals surface area contributed by atoms with Crippen molar-refractivity contribution in [2.24, 2.45) is 0 Å². The average molecular weight is 558 g/mol. The standard InChI is InChI=1S/C30H32ClN7O2/c1-38(2)15-5-8-27(39)34-20-11-9-19(10-12-20)29(40)35-21-13-14-22(16-21)36-30-33-18-25(31)28(37-30)24-17-32-26-7-4-3-6-23(24)26/h3-12,17-18,21-22,32H,13-16H2,1-2H3,(H,34,39)(H,35,40)(H,33,36,37)/b8-5+/t21-,22+/m1/s1. The number of para-hydroxylation sites is 1. The highest BCUT2D eigenvalue weighted by Gasteiger charge is 2.27. The van der Waals surface area contributed by atoms with Crippen LogP contribution in [-0.2, 0) is 4.79 Å². The molecule has 5 rings (SSSR count). The van der Waals surface area contributed by atoms with Gasteiger partial charge in [-0.2, -0.15) is 0 Å². The Bertz CT molecular complexity index is 1530. The number of hydrogen-bond acceptors (Lipinski definition) is 6. The van der Waals surface area contributed by atoms with Crippen LogP contribution in [0.1, 0.15) is 29.6 Å². The molecular formula is C30H32ClN7O2. The van der Waals surface area contributed by atoms with Crippen LogP contribution in [0.2, 0.25) is 5.02 Å². The van der Waals surface area contributed by atoms with E-state index >= 15 is 0 Å². The van der Waals surface area contributed by atoms with E-state index in [0.29, 0.717) is 34.5 Å². The van der Waals surface area contributed by atoms with E-state index < -0.39 is 0 Å². The number of halogens is 1. The SMILES string of the molecule is CN(C)C/C=C/C(=O)Nc1ccc(C(=O)N[C@@H]2CC[C@H](Nc3ncc(Cl)c(-c4c[nH]c5ccccc45)n3)C2)cc1. The lowest BCUT2D eigenvalue weighted by Gasteiger charge is -2.15. The number of carbonyl (C=O) groups excluding carboxylic acids is 2. The molecule has 10 heteroatoms. The smallest absolute Gasteiger partial charge is 0.251 e. The number of carbonyl (C=O) groups is 2. The van der Waals surface area contributed by atoms with Gasteiger partial charge >= 0.3 is 0 Å². The van der Waals surface area contributed by atoms with Crippen molar-refractivity contribution >= 4 is 46.0 Å². The highest BCUT2D eigenvalue weighted by atomic mass is 35.5. The summed E-state index contributed by atoms with van der Waals surface area (Å²) in [5.74, 6) is 0.163. The second kappa shape index (κ2) is 12.3. The molecule has 0 aliphatic heterocycles. The Labute approximate surface area is 238 Å². The van der Waals surface area contributed by atoms with Crippen LogP contribution in [0.3, 0.4) is 0 Å². The molecule has 0 radical (unpaired) electrons. The van der Waals surface area contributed by atoms with Gasteiger partial charge in [-0.1, -0.05) is 35.9 Å². The van der Waals surface area contributed by atoms with Gasteiger partial charge in [-0.3, -0.25) is 9.59 Å². The zero-order valence-electron chi connectivity index (χ0n) is 22.4. The maximum Gasteiger partial charge on any atom is 0.251 e. The predicted octanol–water partition coefficient (Wildman–Crippen LogP) is 5.10. The fraction of sp³-hybridized carbons (Fsp3) is 0.267. The van der Waals surface area contributed by atoms with E-state index in [0.717, 1.165) is 35.7 Å². The molecule has 1 aliphatic carbocycles. The summed E-state index contributed by atoms with van der Waals surface area (Å²) >= 11 is 6.47. The zero-order chi connectivity index (χ0) is 28.1. The summed E-state index contributed by atoms with van der Waals surface area (Å²) in [4.78, 5) is 39.2. The molecule has 2 amide bonds. The molecule has 2 heterocycles. The Morgan fingerprint density at radius 3 is 2.67 bits per heavy atom. The molecule has 0 saturated heterocycles. The van der Waals surface area contributed by atoms with Crippen molar-refractivity contribution in [1.29, 1.82) is 0 Å². The van der Waals surface area contributed by atoms with Crippen LogP contribution in [0, 0.1) is 0 Å². The highest BCUT2D eigenvalue weighted by Crippen LogP contribution is 2.33. The molecule has 0 spiro atoms. The van der Waals surface area contributed by atoms with Crippen molar-refractivity contribution < 1.29 is 9.59 Å². The van der Waals surface area contributed by atoms with Crippen molar-refractivity contribution in [1.82, 2.24) is 25.2 Å². The van der Waals surface area contributed by atoms with E-state index in [-0.39, 0.29) is 23.9 Å². The summed E-state index contributed by atoms with van der Waals surface area (Å²) in [5, 5.41) is 10.9. The van der Waals surface area contributed by atoms with Gasteiger partial charge in [-0.25, -0.2) is 9.97 Å². The van der Waals surface area contributed by atoms with E-state index in [9.17, 15) is 9.59 Å². The number of H-pyrrole nitrogens is 1. The van der Waals surface area contributed by atoms with Crippen molar-refractivity contribution in [3.05, 3.63) is 83.7 Å². The molecular weight excluding hydrogens is 526 g/mol. The molecule has 4 aromatic rings. The second-order valence-corrected chi connectivity index (χ2v) is 10.6. The van der Waals surface area contributed by atoms with Crippen molar-refractivity contribution in [2.75, 3.05) is 31.3 Å². The maximum absolute atomic E-state index is 12.8. The number of likely N-dealkylation sites (N-methyl/N-ethyl adjacent to an activating group) is 1. The Morgan fingerprint density at radius 1 is 1.10 bits per heavy atom. The van der Waals surface area contributed by atoms with Gasteiger partial charge in [0.05, 0.1) is 16.9 Å². The van der Waals surface area contributed by atoms with E-state index in [1.807, 2.05) is 49.5 Å². The first-order chi connectivity index (χ1) is 19.4. The molecule has 206 valence electrons. The minimum Gasteiger partial charge on any atom is -0.360 e. The van der Waals surface area contributed by atoms with Crippen molar-refractivity contribution in [3.63, 3.8) is 0 Å². The topological polar surface area (TPSA) is 115 Å². The lowest BCUT2D eigenvalue weighted by atomic mass is 10.1. The van der Waals surface area contributed by atoms with Gasteiger partial charge in [0.15, 0.2) is 0 Å². The summed E-state index contributed by atoms with van der Waals surface area (Å²) < 4.78 is 0. The number of aromatic nitrogens is 3. The summed E-state index contributed by atoms with van der Waals surface area (Å²) in [6.07, 6.45) is 9.31. The lowest BCUT2D eigenvalue weighted by molar-refractivity contribution is -0.111. The minimum atomic E-state index is -0.207. The summed E-state index contributed by atoms with van der Waals surface area (Å²) in [7, 11) is 3.87. The quantitative estimate of drug-likeness (QED) is 0.213. The lowest BCUT2D eigenvalue weighted by Crippen LogP contribution is -2.34. The van der Waals surface area contributed by atoms with Gasteiger partial charge in [-0.05, 0) is 63.7 Å². The first kappa shape index (κ1) is 27.4. The largest absolute Gasteiger partial charge is 0.360 e. The number of aromatic amines is 1. The molecule has 40 heavy (non-hydrogen) atoms. The Morgan fingerprint density at radius 2 is 1.88 bits per heavy atom. The van der Waals surface area contributed by atoms with Gasteiger partial charge in [0, 0.05) is 58.6 Å². The molecule has 1 aliphatic rings. The maximum atomic E-state index is 12.8. The minimum absolute atomic E-state index is 0.0339. The number of fused-ring (bicyclic) bond motifs is 1. The highest BCUT2D eigenvalue weighted by molar-refractivity contribution is 6.33. The molecule has 2 aromatic carbocycles. The number of benzene rings is 2. The molecule has 9 nitrogen and oxygen atoms in total. The first-order valence-corrected chi connectivity index (χ1v) is 13.6. The third-order valence-electron chi connectivity index (χ3n) is 6.84. The average Bonchev–Trinajstić information content (AvgIpc) is 3.56. The van der Waals surface area contributed by atoms with Crippen LogP contribution < -0.4 is 16.0 Å². The van der Waals surface area contributed by atoms with Crippen LogP contribution in [0.25, 0.3) is 22.2 Å². The summed E-state index contributed by atoms with van der Waals surface area (Å²) in [5.41, 5.74) is 3.79. The Kier molecular flexibility index (Phi) is 8.42. The van der Waals surface area contributed by atoms with Gasteiger partial charge in [-0.15, -0.1) is 0 Å². The van der Waals surface area contributed by atoms with Gasteiger partial charge in [0.2, 0.25) is 11.9 Å². The number of nitrogens with zero attached hydrogens (tertiary/aromatic N) is 3. The number of hydrogen-bond donors (Lipinski definition) is 4. The van der Waals surface area contributed by atoms with E-state index in [1.165, 1.54) is 6.08 Å². The van der Waals surface area contributed by atoms with Crippen LogP contribution in [0.15, 0.2) is 73.1 Å². The van der Waals surface area contributed by atoms with Crippen molar-refractivity contribution in [3.8, 4) is 11.3 Å². The van der Waals surface area contributed by atoms with Crippen molar-refractivity contribution in [2.45, 2.75) is 31.3 Å². The van der Waals surface area contributed by atoms with Crippen LogP contribution in [-0.4, -0.2) is 64.4 Å². The van der Waals surface area contributed by atoms with Crippen LogP contribution in [0.5, 0.6) is 0 Å². The Balaban J connectivity index is 1.15. The van der Waals surface area contributed by atoms with E-state index in [1.54, 1.807) is 36.5 Å². The normalized spacial score (nSPS) is 17.0. The fourth-order valence-electron chi connectivity index (χ4n) is 4.85. The molecule has 2 atom stereocenters. The second-order valence-electron chi connectivity index (χ2n) is 10.2. The molecule has 1 saturated carbocycles. The third kappa shape index (κ3) is 6.67. The number of amides is 2. The summed E-state index contributed by atoms with van der Waals surface area (Å²) in [6, 6.07) is 15.1. The first-order valence-electron chi connectivity index (χ1n) is 13.2. The fourth-order valence-corrected chi connectivity index (χ4v) is 5.04. The van der Waals surface area contributed by atoms with Crippen LogP contribution >= 0.6 is 11.6 Å². The third-order valence-corrected chi connectivity index (χ3v) is 7.12. The van der Waals surface area contributed by atoms with Gasteiger partial charge < -0.3 is 25.8 Å². The predicted molar refractivity (Wildman–Crippen MR) is 160 cm³/mol. The zero-order valence-corrected chi connectivity index (χ0v) is 23.2. The van der Waals surface area contributed by atoms with Crippen LogP contribution in [0.4, 0.5) is 11.6 Å². The molecule has 2 aromatic heterocycles. The van der Waals surface area contributed by atoms with Gasteiger partial charge in [0.25, 0.3) is 5.91 Å². The molecule has 1 fully saturated rings. The van der Waals surface area contributed by atoms with E-state index in [4.69, 9.17) is 16.6 Å². The Hall–Kier alpha value is -4.21. The number of anilines is 2. The van der Waals surface area contributed by atoms with E-state index in [2.05, 4.69) is 25.9 Å². The molecule has 0 unspecified atom stereocenters. The number of nitrogens with one attached hydrogen (secondary N) is 4.